The molecule has 0 aliphatic carbocycles. The Balaban J connectivity index is 1.87. The van der Waals surface area contributed by atoms with Gasteiger partial charge in [0.25, 0.3) is 0 Å². The number of hydrogen-bond donors (Lipinski definition) is 2. The molecule has 1 aromatic heterocycles. The second-order valence-electron chi connectivity index (χ2n) is 5.44. The summed E-state index contributed by atoms with van der Waals surface area (Å²) in [6.07, 6.45) is 0. The molecule has 0 aromatic carbocycles. The Morgan fingerprint density at radius 3 is 2.83 bits per heavy atom. The van der Waals surface area contributed by atoms with E-state index in [0.717, 1.165) is 11.8 Å². The molecular weight excluding hydrogens is 356 g/mol. The van der Waals surface area contributed by atoms with Crippen LogP contribution in [0, 0.1) is 5.92 Å². The third kappa shape index (κ3) is 2.67. The third-order valence-electron chi connectivity index (χ3n) is 3.84. The van der Waals surface area contributed by atoms with E-state index in [1.807, 2.05) is 0 Å². The number of carboxylic acids is 1. The van der Waals surface area contributed by atoms with E-state index >= 15 is 0 Å². The van der Waals surface area contributed by atoms with Crippen molar-refractivity contribution in [2.45, 2.75) is 17.5 Å². The molecule has 128 valence electrons. The zero-order valence-corrected chi connectivity index (χ0v) is 14.4. The number of carbonyl (C=O) groups is 2. The van der Waals surface area contributed by atoms with Crippen LogP contribution in [0.4, 0.5) is 0 Å². The highest BCUT2D eigenvalue weighted by molar-refractivity contribution is 8.01. The quantitative estimate of drug-likeness (QED) is 0.411. The fourth-order valence-electron chi connectivity index (χ4n) is 2.59. The van der Waals surface area contributed by atoms with Crippen molar-refractivity contribution in [3.63, 3.8) is 0 Å². The first-order valence-electron chi connectivity index (χ1n) is 7.01. The molecule has 2 unspecified atom stereocenters. The molecule has 2 atom stereocenters. The molecule has 1 aromatic rings. The number of carbonyl (C=O) groups excluding carboxylic acids is 1. The molecule has 0 radical (unpaired) electrons. The molecule has 3 rings (SSSR count). The summed E-state index contributed by atoms with van der Waals surface area (Å²) >= 11 is 2.66. The Hall–Kier alpha value is -2.01. The molecule has 0 saturated carbocycles. The maximum Gasteiger partial charge on any atom is 0.352 e. The summed E-state index contributed by atoms with van der Waals surface area (Å²) in [5, 5.41) is 11.9. The van der Waals surface area contributed by atoms with Crippen molar-refractivity contribution >= 4 is 35.4 Å². The molecule has 2 aliphatic rings. The molecule has 2 aliphatic heterocycles. The number of aromatic amines is 1. The van der Waals surface area contributed by atoms with Crippen LogP contribution in [0.25, 0.3) is 0 Å². The number of rotatable bonds is 4. The highest BCUT2D eigenvalue weighted by atomic mass is 32.2. The molecule has 1 fully saturated rings. The van der Waals surface area contributed by atoms with Gasteiger partial charge in [0, 0.05) is 18.6 Å². The normalized spacial score (nSPS) is 23.1. The Labute approximate surface area is 144 Å². The number of thioether (sulfide) groups is 2. The van der Waals surface area contributed by atoms with Crippen LogP contribution in [0.1, 0.15) is 6.92 Å². The van der Waals surface area contributed by atoms with Crippen LogP contribution < -0.4 is 11.1 Å². The van der Waals surface area contributed by atoms with Gasteiger partial charge >= 0.3 is 17.1 Å². The maximum atomic E-state index is 12.0. The predicted octanol–water partition coefficient (Wildman–Crippen LogP) is -0.549. The number of H-pyrrole nitrogens is 1. The lowest BCUT2D eigenvalue weighted by atomic mass is 9.98. The van der Waals surface area contributed by atoms with Crippen LogP contribution >= 0.6 is 23.5 Å². The molecular formula is C13H14N4O5S2. The van der Waals surface area contributed by atoms with Gasteiger partial charge in [0.1, 0.15) is 5.70 Å². The van der Waals surface area contributed by atoms with Crippen LogP contribution in [-0.2, 0) is 16.6 Å². The lowest BCUT2D eigenvalue weighted by molar-refractivity contribution is -0.151. The first kappa shape index (κ1) is 16.8. The number of carboxylic acid groups (broad SMARTS) is 1. The summed E-state index contributed by atoms with van der Waals surface area (Å²) in [6, 6.07) is 0. The molecule has 1 amide bonds. The third-order valence-corrected chi connectivity index (χ3v) is 6.43. The lowest BCUT2D eigenvalue weighted by Crippen LogP contribution is -2.60. The van der Waals surface area contributed by atoms with Crippen molar-refractivity contribution in [3.05, 3.63) is 32.0 Å². The SMILES string of the molecule is CC1C(=O)N2C(C(=O)O)=C(CSc3nc(=O)c(=O)[nH]n3C)CSC12. The number of amides is 1. The Morgan fingerprint density at radius 2 is 2.17 bits per heavy atom. The van der Waals surface area contributed by atoms with Gasteiger partial charge in [-0.3, -0.25) is 29.1 Å². The molecule has 1 saturated heterocycles. The minimum absolute atomic E-state index is 0.0174. The average molecular weight is 370 g/mol. The summed E-state index contributed by atoms with van der Waals surface area (Å²) in [7, 11) is 1.54. The second-order valence-corrected chi connectivity index (χ2v) is 7.49. The predicted molar refractivity (Wildman–Crippen MR) is 87.7 cm³/mol. The summed E-state index contributed by atoms with van der Waals surface area (Å²) in [6.45, 7) is 1.79. The Bertz CT molecular complexity index is 874. The van der Waals surface area contributed by atoms with E-state index in [9.17, 15) is 24.3 Å². The number of aryl methyl sites for hydroxylation is 1. The highest BCUT2D eigenvalue weighted by Crippen LogP contribution is 2.44. The summed E-state index contributed by atoms with van der Waals surface area (Å²) in [5.41, 5.74) is -1.10. The first-order chi connectivity index (χ1) is 11.3. The minimum atomic E-state index is -1.14. The van der Waals surface area contributed by atoms with Crippen molar-refractivity contribution < 1.29 is 14.7 Å². The van der Waals surface area contributed by atoms with Crippen molar-refractivity contribution in [2.24, 2.45) is 13.0 Å². The van der Waals surface area contributed by atoms with Crippen LogP contribution in [0.3, 0.4) is 0 Å². The number of aliphatic carboxylic acids is 1. The van der Waals surface area contributed by atoms with Gasteiger partial charge in [-0.1, -0.05) is 18.7 Å². The smallest absolute Gasteiger partial charge is 0.352 e. The van der Waals surface area contributed by atoms with E-state index in [1.54, 1.807) is 6.92 Å². The number of β-lactam (4-membered cyclic amide) rings is 1. The molecule has 11 heteroatoms. The van der Waals surface area contributed by atoms with Crippen molar-refractivity contribution in [1.82, 2.24) is 19.7 Å². The number of nitrogens with one attached hydrogen (secondary N) is 1. The molecule has 2 N–H and O–H groups in total. The fourth-order valence-corrected chi connectivity index (χ4v) is 5.03. The van der Waals surface area contributed by atoms with E-state index in [4.69, 9.17) is 0 Å². The molecule has 0 bridgehead atoms. The highest BCUT2D eigenvalue weighted by Gasteiger charge is 2.50. The number of hydrogen-bond acceptors (Lipinski definition) is 7. The fraction of sp³-hybridized carbons (Fsp3) is 0.462. The van der Waals surface area contributed by atoms with E-state index in [0.29, 0.717) is 11.3 Å². The van der Waals surface area contributed by atoms with Crippen LogP contribution in [-0.4, -0.2) is 53.5 Å². The van der Waals surface area contributed by atoms with Crippen LogP contribution in [0.15, 0.2) is 26.0 Å². The van der Waals surface area contributed by atoms with Gasteiger partial charge in [-0.25, -0.2) is 4.79 Å². The summed E-state index contributed by atoms with van der Waals surface area (Å²) < 4.78 is 1.31. The second kappa shape index (κ2) is 6.13. The Morgan fingerprint density at radius 1 is 1.46 bits per heavy atom. The number of fused-ring (bicyclic) bond motifs is 1. The van der Waals surface area contributed by atoms with E-state index in [-0.39, 0.29) is 33.8 Å². The van der Waals surface area contributed by atoms with Gasteiger partial charge in [-0.05, 0) is 5.57 Å². The first-order valence-corrected chi connectivity index (χ1v) is 9.05. The van der Waals surface area contributed by atoms with E-state index in [1.165, 1.54) is 28.4 Å². The maximum absolute atomic E-state index is 12.0. The average Bonchev–Trinajstić information content (AvgIpc) is 2.55. The largest absolute Gasteiger partial charge is 0.477 e. The van der Waals surface area contributed by atoms with Crippen LogP contribution in [0.2, 0.25) is 0 Å². The molecule has 24 heavy (non-hydrogen) atoms. The van der Waals surface area contributed by atoms with Gasteiger partial charge in [-0.15, -0.1) is 11.8 Å². The minimum Gasteiger partial charge on any atom is -0.477 e. The lowest BCUT2D eigenvalue weighted by Gasteiger charge is -2.48. The number of aromatic nitrogens is 3. The van der Waals surface area contributed by atoms with E-state index < -0.39 is 17.1 Å². The van der Waals surface area contributed by atoms with Gasteiger partial charge < -0.3 is 5.11 Å². The van der Waals surface area contributed by atoms with Gasteiger partial charge in [0.2, 0.25) is 5.91 Å². The summed E-state index contributed by atoms with van der Waals surface area (Å²) in [4.78, 5) is 51.1. The van der Waals surface area contributed by atoms with Crippen molar-refractivity contribution in [1.29, 1.82) is 0 Å². The van der Waals surface area contributed by atoms with Gasteiger partial charge in [0.15, 0.2) is 5.16 Å². The zero-order valence-electron chi connectivity index (χ0n) is 12.8. The summed E-state index contributed by atoms with van der Waals surface area (Å²) in [5.74, 6) is -0.766. The van der Waals surface area contributed by atoms with Gasteiger partial charge in [-0.2, -0.15) is 4.98 Å². The van der Waals surface area contributed by atoms with Crippen LogP contribution in [0.5, 0.6) is 0 Å². The standard InChI is InChI=1S/C13H14N4O5S2/c1-5-10(20)17-7(12(21)22)6(3-23-11(5)17)4-24-13-14-8(18)9(19)15-16(13)2/h5,11H,3-4H2,1-2H3,(H,15,19)(H,21,22). The monoisotopic (exact) mass is 370 g/mol. The zero-order chi connectivity index (χ0) is 17.6. The molecule has 0 spiro atoms. The molecule has 3 heterocycles. The van der Waals surface area contributed by atoms with Crippen molar-refractivity contribution in [2.75, 3.05) is 11.5 Å². The van der Waals surface area contributed by atoms with Gasteiger partial charge in [0.05, 0.1) is 11.3 Å². The van der Waals surface area contributed by atoms with Crippen molar-refractivity contribution in [3.8, 4) is 0 Å². The topological polar surface area (TPSA) is 125 Å². The molecule has 9 nitrogen and oxygen atoms in total. The Kier molecular flexibility index (Phi) is 4.30. The van der Waals surface area contributed by atoms with E-state index in [2.05, 4.69) is 10.1 Å². The number of nitrogens with zero attached hydrogens (tertiary/aromatic N) is 3.